The van der Waals surface area contributed by atoms with Crippen LogP contribution >= 0.6 is 0 Å². The van der Waals surface area contributed by atoms with Crippen LogP contribution in [-0.4, -0.2) is 46.8 Å². The molecule has 1 fully saturated rings. The highest BCUT2D eigenvalue weighted by atomic mass is 19.1. The van der Waals surface area contributed by atoms with Gasteiger partial charge in [0, 0.05) is 13.1 Å². The highest BCUT2D eigenvalue weighted by Crippen LogP contribution is 2.25. The number of amides is 2. The van der Waals surface area contributed by atoms with Crippen LogP contribution in [-0.2, 0) is 0 Å². The Morgan fingerprint density at radius 3 is 2.92 bits per heavy atom. The van der Waals surface area contributed by atoms with E-state index in [9.17, 15) is 9.18 Å². The first-order chi connectivity index (χ1) is 12.5. The van der Waals surface area contributed by atoms with Crippen molar-refractivity contribution in [2.45, 2.75) is 38.6 Å². The monoisotopic (exact) mass is 362 g/mol. The molecule has 1 aromatic carbocycles. The molecule has 2 unspecified atom stereocenters. The molecule has 0 bridgehead atoms. The van der Waals surface area contributed by atoms with Gasteiger partial charge in [-0.25, -0.2) is 9.18 Å². The number of piperidine rings is 1. The van der Waals surface area contributed by atoms with Crippen molar-refractivity contribution in [3.63, 3.8) is 0 Å². The number of halogens is 1. The molecular weight excluding hydrogens is 339 g/mol. The summed E-state index contributed by atoms with van der Waals surface area (Å²) in [5, 5.41) is 6.75. The number of carbonyl (C=O) groups excluding carboxylic acids is 1. The van der Waals surface area contributed by atoms with Crippen LogP contribution in [0.25, 0.3) is 0 Å². The van der Waals surface area contributed by atoms with E-state index in [4.69, 9.17) is 9.26 Å². The summed E-state index contributed by atoms with van der Waals surface area (Å²) in [5.41, 5.74) is 0. The summed E-state index contributed by atoms with van der Waals surface area (Å²) >= 11 is 0. The molecule has 0 spiro atoms. The molecule has 8 heteroatoms. The molecule has 1 aromatic heterocycles. The Kier molecular flexibility index (Phi) is 5.70. The summed E-state index contributed by atoms with van der Waals surface area (Å²) in [7, 11) is 0. The minimum Gasteiger partial charge on any atom is -0.491 e. The zero-order valence-corrected chi connectivity index (χ0v) is 14.9. The Morgan fingerprint density at radius 1 is 1.46 bits per heavy atom. The topological polar surface area (TPSA) is 80.5 Å². The Labute approximate surface area is 151 Å². The molecule has 140 valence electrons. The molecule has 0 radical (unpaired) electrons. The lowest BCUT2D eigenvalue weighted by Crippen LogP contribution is -2.48. The second-order valence-corrected chi connectivity index (χ2v) is 6.58. The maximum absolute atomic E-state index is 12.9. The summed E-state index contributed by atoms with van der Waals surface area (Å²) < 4.78 is 23.7. The predicted octanol–water partition coefficient (Wildman–Crippen LogP) is 2.87. The zero-order valence-electron chi connectivity index (χ0n) is 14.9. The van der Waals surface area contributed by atoms with Crippen LogP contribution in [0, 0.1) is 12.7 Å². The maximum atomic E-state index is 12.9. The fourth-order valence-corrected chi connectivity index (χ4v) is 2.94. The van der Waals surface area contributed by atoms with Crippen molar-refractivity contribution in [1.82, 2.24) is 20.4 Å². The van der Waals surface area contributed by atoms with Crippen molar-refractivity contribution >= 4 is 6.03 Å². The highest BCUT2D eigenvalue weighted by molar-refractivity contribution is 5.74. The Morgan fingerprint density at radius 2 is 2.23 bits per heavy atom. The average Bonchev–Trinajstić information content (AvgIpc) is 3.08. The number of carbonyl (C=O) groups is 1. The second-order valence-electron chi connectivity index (χ2n) is 6.58. The van der Waals surface area contributed by atoms with Gasteiger partial charge in [0.05, 0.1) is 12.0 Å². The third kappa shape index (κ3) is 4.71. The van der Waals surface area contributed by atoms with Gasteiger partial charge in [0.1, 0.15) is 18.2 Å². The van der Waals surface area contributed by atoms with E-state index < -0.39 is 0 Å². The van der Waals surface area contributed by atoms with Crippen LogP contribution in [0.5, 0.6) is 5.75 Å². The Hall–Kier alpha value is -2.64. The van der Waals surface area contributed by atoms with E-state index in [1.807, 2.05) is 6.92 Å². The van der Waals surface area contributed by atoms with Crippen LogP contribution in [0.15, 0.2) is 28.8 Å². The third-order valence-corrected chi connectivity index (χ3v) is 4.28. The number of nitrogens with one attached hydrogen (secondary N) is 1. The van der Waals surface area contributed by atoms with Gasteiger partial charge in [-0.15, -0.1) is 0 Å². The van der Waals surface area contributed by atoms with E-state index in [1.165, 1.54) is 12.1 Å². The number of ether oxygens (including phenoxy) is 1. The lowest BCUT2D eigenvalue weighted by Gasteiger charge is -2.32. The Balaban J connectivity index is 1.48. The summed E-state index contributed by atoms with van der Waals surface area (Å²) in [5.74, 6) is 1.52. The number of nitrogens with zero attached hydrogens (tertiary/aromatic N) is 3. The quantitative estimate of drug-likeness (QED) is 0.885. The summed E-state index contributed by atoms with van der Waals surface area (Å²) in [6.07, 6.45) is 1.81. The fraction of sp³-hybridized carbons (Fsp3) is 0.500. The van der Waals surface area contributed by atoms with E-state index in [-0.39, 0.29) is 23.8 Å². The second kappa shape index (κ2) is 8.16. The van der Waals surface area contributed by atoms with E-state index in [1.54, 1.807) is 24.0 Å². The first-order valence-corrected chi connectivity index (χ1v) is 8.75. The van der Waals surface area contributed by atoms with Crippen molar-refractivity contribution in [3.05, 3.63) is 41.8 Å². The number of urea groups is 1. The lowest BCUT2D eigenvalue weighted by molar-refractivity contribution is 0.164. The van der Waals surface area contributed by atoms with Gasteiger partial charge < -0.3 is 19.5 Å². The SMILES string of the molecule is Cc1noc(C2CCCN(C(=O)NC(C)COc3ccc(F)cc3)C2)n1. The van der Waals surface area contributed by atoms with E-state index >= 15 is 0 Å². The van der Waals surface area contributed by atoms with E-state index in [0.29, 0.717) is 37.2 Å². The van der Waals surface area contributed by atoms with Gasteiger partial charge >= 0.3 is 6.03 Å². The molecule has 2 heterocycles. The van der Waals surface area contributed by atoms with Crippen LogP contribution in [0.3, 0.4) is 0 Å². The number of aryl methyl sites for hydroxylation is 1. The number of hydrogen-bond donors (Lipinski definition) is 1. The molecule has 0 aliphatic carbocycles. The van der Waals surface area contributed by atoms with Crippen molar-refractivity contribution in [3.8, 4) is 5.75 Å². The van der Waals surface area contributed by atoms with Crippen molar-refractivity contribution in [2.75, 3.05) is 19.7 Å². The van der Waals surface area contributed by atoms with Crippen molar-refractivity contribution in [2.24, 2.45) is 0 Å². The minimum atomic E-state index is -0.310. The molecule has 2 aromatic rings. The van der Waals surface area contributed by atoms with Crippen LogP contribution in [0.2, 0.25) is 0 Å². The summed E-state index contributed by atoms with van der Waals surface area (Å²) in [6.45, 7) is 5.20. The van der Waals surface area contributed by atoms with Crippen LogP contribution in [0.1, 0.15) is 37.4 Å². The highest BCUT2D eigenvalue weighted by Gasteiger charge is 2.28. The molecule has 0 saturated carbocycles. The molecule has 1 saturated heterocycles. The third-order valence-electron chi connectivity index (χ3n) is 4.28. The molecule has 1 aliphatic heterocycles. The number of aromatic nitrogens is 2. The fourth-order valence-electron chi connectivity index (χ4n) is 2.94. The normalized spacial score (nSPS) is 18.4. The number of likely N-dealkylation sites (tertiary alicyclic amines) is 1. The van der Waals surface area contributed by atoms with Gasteiger partial charge in [0.15, 0.2) is 5.82 Å². The number of benzene rings is 1. The molecule has 2 atom stereocenters. The minimum absolute atomic E-state index is 0.0708. The Bertz CT molecular complexity index is 734. The average molecular weight is 362 g/mol. The van der Waals surface area contributed by atoms with Gasteiger partial charge in [-0.1, -0.05) is 5.16 Å². The standard InChI is InChI=1S/C18H23FN4O3/c1-12(11-25-16-7-5-15(19)6-8-16)20-18(24)23-9-3-4-14(10-23)17-21-13(2)22-26-17/h5-8,12,14H,3-4,9-11H2,1-2H3,(H,20,24). The van der Waals surface area contributed by atoms with E-state index in [2.05, 4.69) is 15.5 Å². The first-order valence-electron chi connectivity index (χ1n) is 8.75. The number of rotatable bonds is 5. The summed E-state index contributed by atoms with van der Waals surface area (Å²) in [6, 6.07) is 5.48. The molecule has 2 amide bonds. The van der Waals surface area contributed by atoms with Crippen molar-refractivity contribution in [1.29, 1.82) is 0 Å². The first kappa shape index (κ1) is 18.2. The maximum Gasteiger partial charge on any atom is 0.317 e. The largest absolute Gasteiger partial charge is 0.491 e. The number of hydrogen-bond acceptors (Lipinski definition) is 5. The molecular formula is C18H23FN4O3. The molecule has 7 nitrogen and oxygen atoms in total. The van der Waals surface area contributed by atoms with Gasteiger partial charge in [0.25, 0.3) is 0 Å². The van der Waals surface area contributed by atoms with Crippen LogP contribution in [0.4, 0.5) is 9.18 Å². The van der Waals surface area contributed by atoms with Gasteiger partial charge in [-0.3, -0.25) is 0 Å². The smallest absolute Gasteiger partial charge is 0.317 e. The van der Waals surface area contributed by atoms with Crippen molar-refractivity contribution < 1.29 is 18.4 Å². The van der Waals surface area contributed by atoms with Gasteiger partial charge in [-0.2, -0.15) is 4.98 Å². The van der Waals surface area contributed by atoms with Gasteiger partial charge in [-0.05, 0) is 51.0 Å². The predicted molar refractivity (Wildman–Crippen MR) is 92.5 cm³/mol. The lowest BCUT2D eigenvalue weighted by atomic mass is 9.98. The molecule has 26 heavy (non-hydrogen) atoms. The molecule has 1 aliphatic rings. The van der Waals surface area contributed by atoms with Gasteiger partial charge in [0.2, 0.25) is 5.89 Å². The van der Waals surface area contributed by atoms with Crippen LogP contribution < -0.4 is 10.1 Å². The molecule has 3 rings (SSSR count). The zero-order chi connectivity index (χ0) is 18.5. The summed E-state index contributed by atoms with van der Waals surface area (Å²) in [4.78, 5) is 18.5. The van der Waals surface area contributed by atoms with E-state index in [0.717, 1.165) is 12.8 Å². The molecule has 1 N–H and O–H groups in total.